The molecule has 2 amide bonds. The Kier molecular flexibility index (Phi) is 5.59. The Morgan fingerprint density at radius 1 is 1.18 bits per heavy atom. The molecule has 0 bridgehead atoms. The first-order chi connectivity index (χ1) is 16.3. The third kappa shape index (κ3) is 4.16. The van der Waals surface area contributed by atoms with Gasteiger partial charge in [-0.2, -0.15) is 13.7 Å². The summed E-state index contributed by atoms with van der Waals surface area (Å²) in [5.41, 5.74) is 5.09. The van der Waals surface area contributed by atoms with E-state index in [4.69, 9.17) is 4.42 Å². The van der Waals surface area contributed by atoms with Crippen LogP contribution in [0.5, 0.6) is 0 Å². The summed E-state index contributed by atoms with van der Waals surface area (Å²) in [5.74, 6) is 0.632. The number of hydrogen-bond acceptors (Lipinski definition) is 7. The molecule has 1 aliphatic heterocycles. The minimum atomic E-state index is -4.19. The van der Waals surface area contributed by atoms with Gasteiger partial charge in [0.1, 0.15) is 17.5 Å². The lowest BCUT2D eigenvalue weighted by Gasteiger charge is -2.20. The Hall–Kier alpha value is -3.68. The van der Waals surface area contributed by atoms with E-state index in [1.807, 2.05) is 25.2 Å². The Morgan fingerprint density at radius 2 is 2.03 bits per heavy atom. The van der Waals surface area contributed by atoms with Gasteiger partial charge in [-0.3, -0.25) is 0 Å². The number of amides is 2. The van der Waals surface area contributed by atoms with E-state index in [9.17, 15) is 18.5 Å². The van der Waals surface area contributed by atoms with Crippen molar-refractivity contribution in [3.8, 4) is 17.2 Å². The molecule has 34 heavy (non-hydrogen) atoms. The van der Waals surface area contributed by atoms with Crippen molar-refractivity contribution in [3.63, 3.8) is 0 Å². The largest absolute Gasteiger partial charge is 0.447 e. The average molecular weight is 478 g/mol. The molecule has 1 aromatic carbocycles. The van der Waals surface area contributed by atoms with Crippen molar-refractivity contribution in [2.75, 3.05) is 18.9 Å². The third-order valence-electron chi connectivity index (χ3n) is 6.23. The van der Waals surface area contributed by atoms with Crippen LogP contribution in [0.15, 0.2) is 46.0 Å². The maximum Gasteiger partial charge on any atom is 0.333 e. The highest BCUT2D eigenvalue weighted by molar-refractivity contribution is 7.89. The van der Waals surface area contributed by atoms with Gasteiger partial charge in [-0.05, 0) is 55.1 Å². The molecule has 3 heterocycles. The van der Waals surface area contributed by atoms with Gasteiger partial charge in [-0.1, -0.05) is 12.1 Å². The minimum Gasteiger partial charge on any atom is -0.447 e. The van der Waals surface area contributed by atoms with Crippen LogP contribution in [0, 0.1) is 11.3 Å². The molecule has 3 aromatic rings. The van der Waals surface area contributed by atoms with Crippen molar-refractivity contribution in [1.82, 2.24) is 14.6 Å². The fourth-order valence-corrected chi connectivity index (χ4v) is 5.50. The molecule has 0 radical (unpaired) electrons. The predicted molar refractivity (Wildman–Crippen MR) is 124 cm³/mol. The number of aromatic nitrogens is 1. The van der Waals surface area contributed by atoms with E-state index in [0.29, 0.717) is 35.5 Å². The zero-order chi connectivity index (χ0) is 23.9. The standard InChI is InChI=1S/C24H23N5O4S/c1-29-10-8-21-17(14-29)12-22(33-21)34(31,32)28-24(30)27-23-19-4-2-3-15(19)5-6-20(23)16-7-9-26-18(11-16)13-25/h5-7,9,11-12H,2-4,8,10,14H2,1H3,(H2,27,28,30). The summed E-state index contributed by atoms with van der Waals surface area (Å²) in [4.78, 5) is 19.0. The summed E-state index contributed by atoms with van der Waals surface area (Å²) in [6.07, 6.45) is 4.74. The number of nitrogens with one attached hydrogen (secondary N) is 2. The molecule has 2 aliphatic rings. The highest BCUT2D eigenvalue weighted by atomic mass is 32.2. The topological polar surface area (TPSA) is 128 Å². The fourth-order valence-electron chi connectivity index (χ4n) is 4.60. The third-order valence-corrected chi connectivity index (χ3v) is 7.42. The first-order valence-electron chi connectivity index (χ1n) is 11.0. The first kappa shape index (κ1) is 22.1. The van der Waals surface area contributed by atoms with E-state index in [-0.39, 0.29) is 10.8 Å². The number of benzene rings is 1. The van der Waals surface area contributed by atoms with E-state index >= 15 is 0 Å². The van der Waals surface area contributed by atoms with Crippen LogP contribution in [-0.2, 0) is 35.8 Å². The zero-order valence-electron chi connectivity index (χ0n) is 18.6. The van der Waals surface area contributed by atoms with E-state index in [1.165, 1.54) is 12.3 Å². The van der Waals surface area contributed by atoms with Crippen molar-refractivity contribution in [2.24, 2.45) is 0 Å². The van der Waals surface area contributed by atoms with Crippen LogP contribution < -0.4 is 10.0 Å². The second kappa shape index (κ2) is 8.59. The first-order valence-corrected chi connectivity index (χ1v) is 12.5. The lowest BCUT2D eigenvalue weighted by molar-refractivity contribution is 0.256. The smallest absolute Gasteiger partial charge is 0.333 e. The van der Waals surface area contributed by atoms with Crippen molar-refractivity contribution in [3.05, 3.63) is 64.7 Å². The second-order valence-electron chi connectivity index (χ2n) is 8.58. The number of furan rings is 1. The number of carbonyl (C=O) groups is 1. The number of aryl methyl sites for hydroxylation is 1. The SMILES string of the molecule is CN1CCc2oc(S(=O)(=O)NC(=O)Nc3c(-c4ccnc(C#N)c4)ccc4c3CCC4)cc2C1. The summed E-state index contributed by atoms with van der Waals surface area (Å²) >= 11 is 0. The molecule has 2 N–H and O–H groups in total. The van der Waals surface area contributed by atoms with E-state index < -0.39 is 16.1 Å². The Labute approximate surface area is 197 Å². The number of anilines is 1. The van der Waals surface area contributed by atoms with Crippen molar-refractivity contribution >= 4 is 21.7 Å². The maximum atomic E-state index is 12.9. The number of carbonyl (C=O) groups excluding carboxylic acids is 1. The van der Waals surface area contributed by atoms with E-state index in [2.05, 4.69) is 19.9 Å². The molecule has 9 nitrogen and oxygen atoms in total. The summed E-state index contributed by atoms with van der Waals surface area (Å²) in [5, 5.41) is 11.7. The number of likely N-dealkylation sites (N-methyl/N-ethyl adjacent to an activating group) is 1. The molecular weight excluding hydrogens is 454 g/mol. The van der Waals surface area contributed by atoms with E-state index in [0.717, 1.165) is 42.5 Å². The summed E-state index contributed by atoms with van der Waals surface area (Å²) in [6.45, 7) is 1.37. The monoisotopic (exact) mass is 477 g/mol. The fraction of sp³-hybridized carbons (Fsp3) is 0.292. The Morgan fingerprint density at radius 3 is 2.85 bits per heavy atom. The highest BCUT2D eigenvalue weighted by Gasteiger charge is 2.28. The Balaban J connectivity index is 1.44. The van der Waals surface area contributed by atoms with Crippen LogP contribution in [0.2, 0.25) is 0 Å². The maximum absolute atomic E-state index is 12.9. The molecule has 0 saturated heterocycles. The molecule has 2 aromatic heterocycles. The number of urea groups is 1. The van der Waals surface area contributed by atoms with Gasteiger partial charge < -0.3 is 14.6 Å². The van der Waals surface area contributed by atoms with Gasteiger partial charge in [0.05, 0.1) is 5.69 Å². The zero-order valence-corrected chi connectivity index (χ0v) is 19.4. The van der Waals surface area contributed by atoms with Gasteiger partial charge >= 0.3 is 6.03 Å². The van der Waals surface area contributed by atoms with Crippen LogP contribution in [0.3, 0.4) is 0 Å². The second-order valence-corrected chi connectivity index (χ2v) is 10.2. The molecule has 0 saturated carbocycles. The van der Waals surface area contributed by atoms with E-state index in [1.54, 1.807) is 12.1 Å². The van der Waals surface area contributed by atoms with Crippen LogP contribution >= 0.6 is 0 Å². The summed E-state index contributed by atoms with van der Waals surface area (Å²) in [6, 6.07) is 9.90. The molecule has 0 atom stereocenters. The number of pyridine rings is 1. The lowest BCUT2D eigenvalue weighted by Crippen LogP contribution is -2.34. The quantitative estimate of drug-likeness (QED) is 0.590. The van der Waals surface area contributed by atoms with Gasteiger partial charge in [-0.15, -0.1) is 0 Å². The number of nitrogens with zero attached hydrogens (tertiary/aromatic N) is 3. The van der Waals surface area contributed by atoms with Crippen LogP contribution in [-0.4, -0.2) is 37.9 Å². The number of nitriles is 1. The minimum absolute atomic E-state index is 0.253. The molecule has 10 heteroatoms. The number of hydrogen-bond donors (Lipinski definition) is 2. The van der Waals surface area contributed by atoms with Gasteiger partial charge in [-0.25, -0.2) is 14.5 Å². The van der Waals surface area contributed by atoms with Crippen molar-refractivity contribution in [2.45, 2.75) is 37.3 Å². The van der Waals surface area contributed by atoms with Gasteiger partial charge in [0, 0.05) is 42.9 Å². The predicted octanol–water partition coefficient (Wildman–Crippen LogP) is 3.20. The van der Waals surface area contributed by atoms with Crippen molar-refractivity contribution < 1.29 is 17.6 Å². The number of sulfonamides is 1. The molecular formula is C24H23N5O4S. The molecule has 0 fully saturated rings. The van der Waals surface area contributed by atoms with Crippen molar-refractivity contribution in [1.29, 1.82) is 5.26 Å². The van der Waals surface area contributed by atoms with Gasteiger partial charge in [0.15, 0.2) is 0 Å². The highest BCUT2D eigenvalue weighted by Crippen LogP contribution is 2.37. The van der Waals surface area contributed by atoms with Crippen LogP contribution in [0.25, 0.3) is 11.1 Å². The molecule has 1 aliphatic carbocycles. The lowest BCUT2D eigenvalue weighted by atomic mass is 9.97. The summed E-state index contributed by atoms with van der Waals surface area (Å²) in [7, 11) is -2.24. The molecule has 0 unspecified atom stereocenters. The number of fused-ring (bicyclic) bond motifs is 2. The molecule has 0 spiro atoms. The summed E-state index contributed by atoms with van der Waals surface area (Å²) < 4.78 is 33.4. The van der Waals surface area contributed by atoms with Gasteiger partial charge in [0.25, 0.3) is 10.0 Å². The average Bonchev–Trinajstić information content (AvgIpc) is 3.46. The molecule has 5 rings (SSSR count). The number of rotatable bonds is 4. The normalized spacial score (nSPS) is 15.3. The van der Waals surface area contributed by atoms with Gasteiger partial charge in [0.2, 0.25) is 5.09 Å². The Bertz CT molecular complexity index is 1440. The van der Waals surface area contributed by atoms with Crippen LogP contribution in [0.4, 0.5) is 10.5 Å². The van der Waals surface area contributed by atoms with Crippen LogP contribution in [0.1, 0.15) is 34.6 Å². The molecule has 174 valence electrons.